The van der Waals surface area contributed by atoms with Crippen LogP contribution in [0.5, 0.6) is 11.5 Å². The number of rotatable bonds is 7. The third-order valence-corrected chi connectivity index (χ3v) is 3.37. The van der Waals surface area contributed by atoms with Crippen molar-refractivity contribution in [1.82, 2.24) is 5.43 Å². The zero-order chi connectivity index (χ0) is 20.5. The average Bonchev–Trinajstić information content (AvgIpc) is 2.68. The molecular weight excluding hydrogens is 368 g/mol. The normalized spacial score (nSPS) is 10.5. The Labute approximate surface area is 160 Å². The first-order valence-corrected chi connectivity index (χ1v) is 8.25. The highest BCUT2D eigenvalue weighted by Gasteiger charge is 2.14. The molecule has 2 aromatic rings. The van der Waals surface area contributed by atoms with Gasteiger partial charge in [-0.2, -0.15) is 5.10 Å². The summed E-state index contributed by atoms with van der Waals surface area (Å²) in [6, 6.07) is 10.1. The van der Waals surface area contributed by atoms with Gasteiger partial charge >= 0.3 is 17.5 Å². The summed E-state index contributed by atoms with van der Waals surface area (Å²) in [6.07, 6.45) is 1.98. The van der Waals surface area contributed by atoms with Crippen LogP contribution in [0.1, 0.15) is 18.9 Å². The van der Waals surface area contributed by atoms with Crippen LogP contribution in [0, 0.1) is 10.1 Å². The predicted molar refractivity (Wildman–Crippen MR) is 101 cm³/mol. The third-order valence-electron chi connectivity index (χ3n) is 3.37. The minimum atomic E-state index is -1.02. The average molecular weight is 386 g/mol. The highest BCUT2D eigenvalue weighted by Crippen LogP contribution is 2.25. The van der Waals surface area contributed by atoms with Crippen molar-refractivity contribution in [2.24, 2.45) is 5.10 Å². The zero-order valence-corrected chi connectivity index (χ0v) is 14.9. The van der Waals surface area contributed by atoms with E-state index in [9.17, 15) is 24.8 Å². The molecule has 0 aliphatic heterocycles. The number of nitrogens with one attached hydrogen (secondary N) is 2. The van der Waals surface area contributed by atoms with Crippen molar-refractivity contribution in [2.75, 3.05) is 11.9 Å². The second-order valence-corrected chi connectivity index (χ2v) is 5.53. The third kappa shape index (κ3) is 5.80. The van der Waals surface area contributed by atoms with Gasteiger partial charge in [0.05, 0.1) is 17.7 Å². The van der Waals surface area contributed by atoms with Gasteiger partial charge in [0.2, 0.25) is 0 Å². The van der Waals surface area contributed by atoms with Crippen molar-refractivity contribution in [1.29, 1.82) is 0 Å². The Morgan fingerprint density at radius 1 is 1.21 bits per heavy atom. The van der Waals surface area contributed by atoms with Crippen LogP contribution in [-0.2, 0) is 9.59 Å². The largest absolute Gasteiger partial charge is 0.502 e. The molecule has 2 amide bonds. The Hall–Kier alpha value is -3.95. The Morgan fingerprint density at radius 3 is 2.57 bits per heavy atom. The second kappa shape index (κ2) is 9.67. The van der Waals surface area contributed by atoms with Crippen LogP contribution in [0.4, 0.5) is 11.4 Å². The van der Waals surface area contributed by atoms with E-state index in [2.05, 4.69) is 10.4 Å². The summed E-state index contributed by atoms with van der Waals surface area (Å²) in [5.74, 6) is -1.79. The number of phenols is 1. The van der Waals surface area contributed by atoms with E-state index in [-0.39, 0.29) is 5.56 Å². The fourth-order valence-electron chi connectivity index (χ4n) is 2.03. The molecule has 0 atom stereocenters. The zero-order valence-electron chi connectivity index (χ0n) is 14.9. The van der Waals surface area contributed by atoms with E-state index in [0.29, 0.717) is 18.0 Å². The molecule has 0 unspecified atom stereocenters. The first kappa shape index (κ1) is 20.4. The van der Waals surface area contributed by atoms with Gasteiger partial charge in [0.1, 0.15) is 5.75 Å². The van der Waals surface area contributed by atoms with Gasteiger partial charge in [-0.15, -0.1) is 0 Å². The molecule has 0 aliphatic rings. The summed E-state index contributed by atoms with van der Waals surface area (Å²) in [5.41, 5.74) is 2.18. The van der Waals surface area contributed by atoms with Crippen molar-refractivity contribution in [3.8, 4) is 11.5 Å². The Morgan fingerprint density at radius 2 is 1.93 bits per heavy atom. The van der Waals surface area contributed by atoms with Crippen LogP contribution in [0.3, 0.4) is 0 Å². The molecule has 10 heteroatoms. The number of carbonyl (C=O) groups is 2. The Balaban J connectivity index is 1.90. The molecule has 0 aromatic heterocycles. The summed E-state index contributed by atoms with van der Waals surface area (Å²) in [5, 5.41) is 26.1. The molecule has 0 saturated carbocycles. The number of hydrazone groups is 1. The second-order valence-electron chi connectivity index (χ2n) is 5.53. The molecule has 0 aliphatic carbocycles. The van der Waals surface area contributed by atoms with Gasteiger partial charge in [-0.3, -0.25) is 19.7 Å². The molecule has 146 valence electrons. The van der Waals surface area contributed by atoms with Crippen LogP contribution in [0.15, 0.2) is 47.6 Å². The Bertz CT molecular complexity index is 895. The Kier molecular flexibility index (Phi) is 7.03. The first-order chi connectivity index (χ1) is 13.4. The number of aromatic hydroxyl groups is 1. The van der Waals surface area contributed by atoms with E-state index in [1.165, 1.54) is 6.07 Å². The first-order valence-electron chi connectivity index (χ1n) is 8.25. The molecule has 2 aromatic carbocycles. The lowest BCUT2D eigenvalue weighted by molar-refractivity contribution is -0.385. The van der Waals surface area contributed by atoms with Crippen molar-refractivity contribution >= 4 is 29.4 Å². The van der Waals surface area contributed by atoms with E-state index in [1.807, 2.05) is 12.3 Å². The van der Waals surface area contributed by atoms with Gasteiger partial charge in [-0.05, 0) is 42.8 Å². The molecule has 28 heavy (non-hydrogen) atoms. The van der Waals surface area contributed by atoms with E-state index >= 15 is 0 Å². The monoisotopic (exact) mass is 386 g/mol. The molecule has 0 heterocycles. The molecule has 0 saturated heterocycles. The lowest BCUT2D eigenvalue weighted by Gasteiger charge is -2.07. The smallest absolute Gasteiger partial charge is 0.329 e. The number of nitro groups is 1. The SMILES string of the molecule is CCCOc1ccc(NC(=O)C(=O)N/N=C/c2ccc(O)c([N+](=O)[O-])c2)cc1. The van der Waals surface area contributed by atoms with Crippen molar-refractivity contribution in [3.05, 3.63) is 58.1 Å². The van der Waals surface area contributed by atoms with Gasteiger partial charge in [-0.25, -0.2) is 5.43 Å². The van der Waals surface area contributed by atoms with Crippen LogP contribution in [0.2, 0.25) is 0 Å². The summed E-state index contributed by atoms with van der Waals surface area (Å²) in [6.45, 7) is 2.56. The summed E-state index contributed by atoms with van der Waals surface area (Å²) < 4.78 is 5.42. The number of hydrogen-bond donors (Lipinski definition) is 3. The molecular formula is C18H18N4O6. The lowest BCUT2D eigenvalue weighted by Crippen LogP contribution is -2.32. The number of ether oxygens (including phenoxy) is 1. The molecule has 3 N–H and O–H groups in total. The minimum absolute atomic E-state index is 0.257. The van der Waals surface area contributed by atoms with Crippen LogP contribution in [0.25, 0.3) is 0 Å². The molecule has 0 radical (unpaired) electrons. The summed E-state index contributed by atoms with van der Waals surface area (Å²) >= 11 is 0. The predicted octanol–water partition coefficient (Wildman–Crippen LogP) is 2.18. The van der Waals surface area contributed by atoms with Gasteiger partial charge in [0.15, 0.2) is 5.75 Å². The number of amides is 2. The maximum absolute atomic E-state index is 11.8. The molecule has 0 fully saturated rings. The fraction of sp³-hybridized carbons (Fsp3) is 0.167. The number of nitro benzene ring substituents is 1. The fourth-order valence-corrected chi connectivity index (χ4v) is 2.03. The number of anilines is 1. The maximum atomic E-state index is 11.8. The van der Waals surface area contributed by atoms with Crippen LogP contribution < -0.4 is 15.5 Å². The van der Waals surface area contributed by atoms with E-state index in [1.54, 1.807) is 24.3 Å². The lowest BCUT2D eigenvalue weighted by atomic mass is 10.2. The van der Waals surface area contributed by atoms with E-state index < -0.39 is 28.2 Å². The maximum Gasteiger partial charge on any atom is 0.329 e. The molecule has 0 spiro atoms. The van der Waals surface area contributed by atoms with E-state index in [0.717, 1.165) is 24.8 Å². The highest BCUT2D eigenvalue weighted by atomic mass is 16.6. The summed E-state index contributed by atoms with van der Waals surface area (Å²) in [4.78, 5) is 33.6. The summed E-state index contributed by atoms with van der Waals surface area (Å²) in [7, 11) is 0. The number of nitrogens with zero attached hydrogens (tertiary/aromatic N) is 2. The quantitative estimate of drug-likeness (QED) is 0.288. The number of hydrogen-bond acceptors (Lipinski definition) is 7. The topological polar surface area (TPSA) is 143 Å². The number of carbonyl (C=O) groups excluding carboxylic acids is 2. The standard InChI is InChI=1S/C18H18N4O6/c1-2-9-28-14-6-4-13(5-7-14)20-17(24)18(25)21-19-11-12-3-8-16(23)15(10-12)22(26)27/h3-8,10-11,23H,2,9H2,1H3,(H,20,24)(H,21,25)/b19-11+. The van der Waals surface area contributed by atoms with Gasteiger partial charge < -0.3 is 15.2 Å². The van der Waals surface area contributed by atoms with Crippen molar-refractivity contribution < 1.29 is 24.4 Å². The number of phenolic OH excluding ortho intramolecular Hbond substituents is 1. The van der Waals surface area contributed by atoms with Crippen molar-refractivity contribution in [3.63, 3.8) is 0 Å². The highest BCUT2D eigenvalue weighted by molar-refractivity contribution is 6.39. The van der Waals surface area contributed by atoms with Crippen LogP contribution >= 0.6 is 0 Å². The van der Waals surface area contributed by atoms with Gasteiger partial charge in [0, 0.05) is 17.3 Å². The van der Waals surface area contributed by atoms with Gasteiger partial charge in [0.25, 0.3) is 0 Å². The minimum Gasteiger partial charge on any atom is -0.502 e. The number of benzene rings is 2. The van der Waals surface area contributed by atoms with E-state index in [4.69, 9.17) is 4.74 Å². The van der Waals surface area contributed by atoms with Gasteiger partial charge in [-0.1, -0.05) is 6.92 Å². The van der Waals surface area contributed by atoms with Crippen LogP contribution in [-0.4, -0.2) is 34.7 Å². The molecule has 2 rings (SSSR count). The van der Waals surface area contributed by atoms with Crippen molar-refractivity contribution in [2.45, 2.75) is 13.3 Å². The molecule has 0 bridgehead atoms. The molecule has 10 nitrogen and oxygen atoms in total.